The largest absolute Gasteiger partial charge is 0.313 e. The van der Waals surface area contributed by atoms with Gasteiger partial charge in [-0.2, -0.15) is 0 Å². The minimum atomic E-state index is -0.422. The number of nitrogens with zero attached hydrogens (tertiary/aromatic N) is 3. The van der Waals surface area contributed by atoms with Crippen LogP contribution in [0.4, 0.5) is 5.69 Å². The number of fused-ring (bicyclic) bond motifs is 1. The highest BCUT2D eigenvalue weighted by molar-refractivity contribution is 9.10. The zero-order valence-electron chi connectivity index (χ0n) is 7.27. The SMILES string of the molecule is Cc1cn2cc([N+](=O)[O-])cc2c(Br)n1. The van der Waals surface area contributed by atoms with Crippen LogP contribution < -0.4 is 0 Å². The molecule has 6 heteroatoms. The first-order valence-electron chi connectivity index (χ1n) is 3.87. The molecule has 0 aromatic carbocycles. The van der Waals surface area contributed by atoms with E-state index in [0.29, 0.717) is 10.1 Å². The van der Waals surface area contributed by atoms with Gasteiger partial charge in [0.1, 0.15) is 4.60 Å². The molecule has 5 nitrogen and oxygen atoms in total. The number of aryl methyl sites for hydroxylation is 1. The zero-order valence-corrected chi connectivity index (χ0v) is 8.85. The second-order valence-electron chi connectivity index (χ2n) is 2.92. The van der Waals surface area contributed by atoms with E-state index in [-0.39, 0.29) is 5.69 Å². The van der Waals surface area contributed by atoms with Crippen LogP contribution in [0.5, 0.6) is 0 Å². The van der Waals surface area contributed by atoms with Crippen LogP contribution in [0.1, 0.15) is 5.69 Å². The summed E-state index contributed by atoms with van der Waals surface area (Å²) in [7, 11) is 0. The summed E-state index contributed by atoms with van der Waals surface area (Å²) in [5.74, 6) is 0. The van der Waals surface area contributed by atoms with E-state index in [9.17, 15) is 10.1 Å². The van der Waals surface area contributed by atoms with E-state index in [4.69, 9.17) is 0 Å². The van der Waals surface area contributed by atoms with Crippen LogP contribution in [0.15, 0.2) is 23.1 Å². The molecule has 0 unspecified atom stereocenters. The lowest BCUT2D eigenvalue weighted by Crippen LogP contribution is -1.89. The summed E-state index contributed by atoms with van der Waals surface area (Å²) in [5, 5.41) is 10.5. The summed E-state index contributed by atoms with van der Waals surface area (Å²) >= 11 is 3.26. The van der Waals surface area contributed by atoms with Gasteiger partial charge < -0.3 is 4.40 Å². The van der Waals surface area contributed by atoms with E-state index >= 15 is 0 Å². The van der Waals surface area contributed by atoms with Crippen molar-refractivity contribution in [2.24, 2.45) is 0 Å². The maximum absolute atomic E-state index is 10.5. The Hall–Kier alpha value is -1.43. The van der Waals surface area contributed by atoms with Gasteiger partial charge in [0, 0.05) is 12.3 Å². The Bertz CT molecular complexity index is 521. The summed E-state index contributed by atoms with van der Waals surface area (Å²) in [5.41, 5.74) is 1.57. The Labute approximate surface area is 87.7 Å². The monoisotopic (exact) mass is 255 g/mol. The molecule has 0 bridgehead atoms. The molecule has 2 heterocycles. The summed E-state index contributed by atoms with van der Waals surface area (Å²) in [4.78, 5) is 14.2. The molecule has 0 aliphatic rings. The average Bonchev–Trinajstić information content (AvgIpc) is 2.47. The zero-order chi connectivity index (χ0) is 10.3. The summed E-state index contributed by atoms with van der Waals surface area (Å²) in [6.07, 6.45) is 3.21. The van der Waals surface area contributed by atoms with Crippen LogP contribution in [0.2, 0.25) is 0 Å². The smallest absolute Gasteiger partial charge is 0.288 e. The molecule has 0 fully saturated rings. The molecule has 2 rings (SSSR count). The molecule has 0 spiro atoms. The lowest BCUT2D eigenvalue weighted by Gasteiger charge is -1.97. The van der Waals surface area contributed by atoms with Crippen molar-refractivity contribution >= 4 is 27.1 Å². The molecule has 0 aliphatic carbocycles. The van der Waals surface area contributed by atoms with Crippen LogP contribution >= 0.6 is 15.9 Å². The highest BCUT2D eigenvalue weighted by atomic mass is 79.9. The molecule has 14 heavy (non-hydrogen) atoms. The first kappa shape index (κ1) is 9.14. The topological polar surface area (TPSA) is 60.4 Å². The van der Waals surface area contributed by atoms with Crippen LogP contribution in [-0.2, 0) is 0 Å². The minimum absolute atomic E-state index is 0.0677. The Morgan fingerprint density at radius 3 is 2.93 bits per heavy atom. The molecular weight excluding hydrogens is 250 g/mol. The Kier molecular flexibility index (Phi) is 1.99. The van der Waals surface area contributed by atoms with E-state index in [1.807, 2.05) is 6.92 Å². The molecule has 0 saturated carbocycles. The van der Waals surface area contributed by atoms with Crippen molar-refractivity contribution in [2.45, 2.75) is 6.92 Å². The van der Waals surface area contributed by atoms with Gasteiger partial charge in [0.25, 0.3) is 5.69 Å². The Morgan fingerprint density at radius 1 is 1.57 bits per heavy atom. The van der Waals surface area contributed by atoms with Gasteiger partial charge in [-0.15, -0.1) is 0 Å². The van der Waals surface area contributed by atoms with Crippen molar-refractivity contribution in [1.82, 2.24) is 9.38 Å². The van der Waals surface area contributed by atoms with Gasteiger partial charge >= 0.3 is 0 Å². The fourth-order valence-corrected chi connectivity index (χ4v) is 1.88. The highest BCUT2D eigenvalue weighted by Gasteiger charge is 2.11. The third-order valence-electron chi connectivity index (χ3n) is 1.86. The summed E-state index contributed by atoms with van der Waals surface area (Å²) < 4.78 is 2.30. The van der Waals surface area contributed by atoms with Crippen molar-refractivity contribution < 1.29 is 4.92 Å². The number of halogens is 1. The first-order chi connectivity index (χ1) is 6.58. The lowest BCUT2D eigenvalue weighted by atomic mass is 10.4. The third-order valence-corrected chi connectivity index (χ3v) is 2.44. The number of hydrogen-bond donors (Lipinski definition) is 0. The fourth-order valence-electron chi connectivity index (χ4n) is 1.28. The molecule has 0 atom stereocenters. The quantitative estimate of drug-likeness (QED) is 0.581. The molecular formula is C8H6BrN3O2. The summed E-state index contributed by atoms with van der Waals surface area (Å²) in [6, 6.07) is 1.48. The molecule has 0 amide bonds. The first-order valence-corrected chi connectivity index (χ1v) is 4.66. The maximum Gasteiger partial charge on any atom is 0.288 e. The molecule has 0 radical (unpaired) electrons. The lowest BCUT2D eigenvalue weighted by molar-refractivity contribution is -0.384. The van der Waals surface area contributed by atoms with Crippen LogP contribution in [0.3, 0.4) is 0 Å². The van der Waals surface area contributed by atoms with Crippen molar-refractivity contribution in [1.29, 1.82) is 0 Å². The fraction of sp³-hybridized carbons (Fsp3) is 0.125. The van der Waals surface area contributed by atoms with Gasteiger partial charge in [-0.05, 0) is 22.9 Å². The van der Waals surface area contributed by atoms with Gasteiger partial charge in [-0.3, -0.25) is 10.1 Å². The van der Waals surface area contributed by atoms with Gasteiger partial charge in [0.15, 0.2) is 0 Å². The van der Waals surface area contributed by atoms with E-state index in [1.54, 1.807) is 10.6 Å². The van der Waals surface area contributed by atoms with Crippen molar-refractivity contribution in [3.05, 3.63) is 38.9 Å². The van der Waals surface area contributed by atoms with E-state index in [2.05, 4.69) is 20.9 Å². The third kappa shape index (κ3) is 1.37. The van der Waals surface area contributed by atoms with Gasteiger partial charge in [-0.1, -0.05) is 0 Å². The summed E-state index contributed by atoms with van der Waals surface area (Å²) in [6.45, 7) is 1.83. The van der Waals surface area contributed by atoms with E-state index in [1.165, 1.54) is 12.3 Å². The predicted octanol–water partition coefficient (Wildman–Crippen LogP) is 2.31. The number of nitro groups is 1. The molecule has 0 N–H and O–H groups in total. The van der Waals surface area contributed by atoms with Gasteiger partial charge in [0.2, 0.25) is 0 Å². The Morgan fingerprint density at radius 2 is 2.29 bits per heavy atom. The van der Waals surface area contributed by atoms with Gasteiger partial charge in [-0.25, -0.2) is 4.98 Å². The standard InChI is InChI=1S/C8H6BrN3O2/c1-5-3-11-4-6(12(13)14)2-7(11)8(9)10-5/h2-4H,1H3. The van der Waals surface area contributed by atoms with Crippen molar-refractivity contribution in [3.63, 3.8) is 0 Å². The maximum atomic E-state index is 10.5. The number of rotatable bonds is 1. The Balaban J connectivity index is 2.76. The molecule has 2 aromatic rings. The number of aromatic nitrogens is 2. The van der Waals surface area contributed by atoms with Crippen molar-refractivity contribution in [2.75, 3.05) is 0 Å². The van der Waals surface area contributed by atoms with E-state index in [0.717, 1.165) is 5.69 Å². The predicted molar refractivity (Wildman–Crippen MR) is 54.3 cm³/mol. The van der Waals surface area contributed by atoms with Crippen LogP contribution in [-0.4, -0.2) is 14.3 Å². The average molecular weight is 256 g/mol. The highest BCUT2D eigenvalue weighted by Crippen LogP contribution is 2.22. The second kappa shape index (κ2) is 3.06. The van der Waals surface area contributed by atoms with Crippen molar-refractivity contribution in [3.8, 4) is 0 Å². The molecule has 0 aliphatic heterocycles. The van der Waals surface area contributed by atoms with Crippen LogP contribution in [0.25, 0.3) is 5.52 Å². The molecule has 72 valence electrons. The van der Waals surface area contributed by atoms with Gasteiger partial charge in [0.05, 0.1) is 22.3 Å². The van der Waals surface area contributed by atoms with E-state index < -0.39 is 4.92 Å². The second-order valence-corrected chi connectivity index (χ2v) is 3.67. The number of hydrogen-bond acceptors (Lipinski definition) is 3. The minimum Gasteiger partial charge on any atom is -0.313 e. The normalized spacial score (nSPS) is 10.7. The molecule has 0 saturated heterocycles. The molecule has 2 aromatic heterocycles. The van der Waals surface area contributed by atoms with Crippen LogP contribution in [0, 0.1) is 17.0 Å².